The monoisotopic (exact) mass is 195 g/mol. The van der Waals surface area contributed by atoms with Crippen LogP contribution in [0.1, 0.15) is 16.7 Å². The van der Waals surface area contributed by atoms with Crippen LogP contribution in [0, 0.1) is 13.8 Å². The zero-order valence-electron chi connectivity index (χ0n) is 7.97. The first kappa shape index (κ1) is 10.3. The van der Waals surface area contributed by atoms with E-state index in [1.54, 1.807) is 0 Å². The van der Waals surface area contributed by atoms with Crippen LogP contribution in [0.5, 0.6) is 0 Å². The minimum atomic E-state index is 0.545. The molecule has 2 N–H and O–H groups in total. The van der Waals surface area contributed by atoms with Crippen LogP contribution in [0.4, 0.5) is 0 Å². The summed E-state index contributed by atoms with van der Waals surface area (Å²) in [6, 6.07) is 3.94. The normalized spacial score (nSPS) is 11.1. The predicted molar refractivity (Wildman–Crippen MR) is 59.0 cm³/mol. The summed E-state index contributed by atoms with van der Waals surface area (Å²) >= 11 is 6.05. The van der Waals surface area contributed by atoms with Gasteiger partial charge in [-0.2, -0.15) is 0 Å². The number of nitrogens with two attached hydrogens (primary N) is 1. The van der Waals surface area contributed by atoms with Gasteiger partial charge in [0.25, 0.3) is 0 Å². The lowest BCUT2D eigenvalue weighted by molar-refractivity contribution is 1.26. The Morgan fingerprint density at radius 2 is 2.08 bits per heavy atom. The Balaban J connectivity index is 3.17. The zero-order chi connectivity index (χ0) is 9.84. The maximum Gasteiger partial charge on any atom is 0.0481 e. The standard InChI is InChI=1S/C11H14ClN/c1-8-5-6-11(12)10(9(8)2)4-3-7-13/h3-6H,7,13H2,1-2H3/b4-3+. The second-order valence-electron chi connectivity index (χ2n) is 3.04. The van der Waals surface area contributed by atoms with E-state index in [4.69, 9.17) is 17.3 Å². The van der Waals surface area contributed by atoms with Crippen molar-refractivity contribution >= 4 is 17.7 Å². The van der Waals surface area contributed by atoms with Crippen molar-refractivity contribution in [3.63, 3.8) is 0 Å². The Bertz CT molecular complexity index is 329. The minimum absolute atomic E-state index is 0.545. The maximum atomic E-state index is 6.05. The molecule has 13 heavy (non-hydrogen) atoms. The Hall–Kier alpha value is -0.790. The summed E-state index contributed by atoms with van der Waals surface area (Å²) in [6.45, 7) is 4.69. The second-order valence-corrected chi connectivity index (χ2v) is 3.45. The molecule has 0 unspecified atom stereocenters. The predicted octanol–water partition coefficient (Wildman–Crippen LogP) is 2.93. The maximum absolute atomic E-state index is 6.05. The molecule has 0 aliphatic carbocycles. The minimum Gasteiger partial charge on any atom is -0.327 e. The third-order valence-electron chi connectivity index (χ3n) is 2.15. The number of hydrogen-bond acceptors (Lipinski definition) is 1. The van der Waals surface area contributed by atoms with E-state index >= 15 is 0 Å². The summed E-state index contributed by atoms with van der Waals surface area (Å²) in [4.78, 5) is 0. The topological polar surface area (TPSA) is 26.0 Å². The second kappa shape index (κ2) is 4.45. The molecule has 0 aliphatic heterocycles. The van der Waals surface area contributed by atoms with Crippen molar-refractivity contribution in [3.8, 4) is 0 Å². The van der Waals surface area contributed by atoms with Crippen molar-refractivity contribution in [2.24, 2.45) is 5.73 Å². The summed E-state index contributed by atoms with van der Waals surface area (Å²) in [5.41, 5.74) is 8.93. The van der Waals surface area contributed by atoms with Gasteiger partial charge < -0.3 is 5.73 Å². The molecule has 0 spiro atoms. The fourth-order valence-corrected chi connectivity index (χ4v) is 1.46. The molecule has 1 aromatic carbocycles. The first-order chi connectivity index (χ1) is 6.16. The van der Waals surface area contributed by atoms with Crippen LogP contribution in [0.15, 0.2) is 18.2 Å². The molecule has 0 amide bonds. The van der Waals surface area contributed by atoms with Crippen LogP contribution in [-0.4, -0.2) is 6.54 Å². The molecule has 0 saturated heterocycles. The van der Waals surface area contributed by atoms with Gasteiger partial charge >= 0.3 is 0 Å². The van der Waals surface area contributed by atoms with Crippen LogP contribution in [0.3, 0.4) is 0 Å². The van der Waals surface area contributed by atoms with E-state index in [2.05, 4.69) is 13.8 Å². The summed E-state index contributed by atoms with van der Waals surface area (Å²) in [7, 11) is 0. The average Bonchev–Trinajstić information content (AvgIpc) is 2.12. The van der Waals surface area contributed by atoms with Gasteiger partial charge in [0.2, 0.25) is 0 Å². The van der Waals surface area contributed by atoms with E-state index in [0.717, 1.165) is 10.6 Å². The highest BCUT2D eigenvalue weighted by Gasteiger charge is 2.02. The summed E-state index contributed by atoms with van der Waals surface area (Å²) in [6.07, 6.45) is 3.89. The van der Waals surface area contributed by atoms with E-state index in [0.29, 0.717) is 6.54 Å². The fourth-order valence-electron chi connectivity index (χ4n) is 1.19. The quantitative estimate of drug-likeness (QED) is 0.772. The fraction of sp³-hybridized carbons (Fsp3) is 0.273. The number of rotatable bonds is 2. The average molecular weight is 196 g/mol. The molecule has 1 nitrogen and oxygen atoms in total. The lowest BCUT2D eigenvalue weighted by atomic mass is 10.0. The molecule has 0 aliphatic rings. The molecule has 70 valence electrons. The highest BCUT2D eigenvalue weighted by atomic mass is 35.5. The molecule has 0 saturated carbocycles. The van der Waals surface area contributed by atoms with Gasteiger partial charge in [-0.15, -0.1) is 0 Å². The van der Waals surface area contributed by atoms with Crippen molar-refractivity contribution in [2.75, 3.05) is 6.54 Å². The van der Waals surface area contributed by atoms with Gasteiger partial charge in [0, 0.05) is 11.6 Å². The van der Waals surface area contributed by atoms with Gasteiger partial charge in [0.15, 0.2) is 0 Å². The highest BCUT2D eigenvalue weighted by molar-refractivity contribution is 6.32. The van der Waals surface area contributed by atoms with E-state index in [1.807, 2.05) is 24.3 Å². The van der Waals surface area contributed by atoms with Crippen molar-refractivity contribution in [2.45, 2.75) is 13.8 Å². The zero-order valence-corrected chi connectivity index (χ0v) is 8.73. The van der Waals surface area contributed by atoms with Crippen LogP contribution >= 0.6 is 11.6 Å². The number of halogens is 1. The molecule has 0 bridgehead atoms. The van der Waals surface area contributed by atoms with Crippen molar-refractivity contribution in [1.82, 2.24) is 0 Å². The molecular weight excluding hydrogens is 182 g/mol. The van der Waals surface area contributed by atoms with Crippen LogP contribution < -0.4 is 5.73 Å². The van der Waals surface area contributed by atoms with Gasteiger partial charge in [-0.25, -0.2) is 0 Å². The molecule has 0 fully saturated rings. The Labute approximate surface area is 84.2 Å². The molecular formula is C11H14ClN. The van der Waals surface area contributed by atoms with Crippen molar-refractivity contribution < 1.29 is 0 Å². The Kier molecular flexibility index (Phi) is 3.52. The number of hydrogen-bond donors (Lipinski definition) is 1. The molecule has 0 atom stereocenters. The van der Waals surface area contributed by atoms with Gasteiger partial charge in [0.05, 0.1) is 0 Å². The molecule has 1 rings (SSSR count). The van der Waals surface area contributed by atoms with E-state index in [-0.39, 0.29) is 0 Å². The molecule has 2 heteroatoms. The highest BCUT2D eigenvalue weighted by Crippen LogP contribution is 2.23. The molecule has 0 aromatic heterocycles. The lowest BCUT2D eigenvalue weighted by Gasteiger charge is -2.06. The van der Waals surface area contributed by atoms with Gasteiger partial charge in [-0.1, -0.05) is 29.8 Å². The van der Waals surface area contributed by atoms with Gasteiger partial charge in [-0.05, 0) is 36.6 Å². The largest absolute Gasteiger partial charge is 0.327 e. The van der Waals surface area contributed by atoms with Crippen molar-refractivity contribution in [3.05, 3.63) is 39.9 Å². The lowest BCUT2D eigenvalue weighted by Crippen LogP contribution is -1.93. The first-order valence-corrected chi connectivity index (χ1v) is 4.67. The SMILES string of the molecule is Cc1ccc(Cl)c(/C=C/CN)c1C. The van der Waals surface area contributed by atoms with Gasteiger partial charge in [-0.3, -0.25) is 0 Å². The smallest absolute Gasteiger partial charge is 0.0481 e. The van der Waals surface area contributed by atoms with Crippen LogP contribution in [0.25, 0.3) is 6.08 Å². The Morgan fingerprint density at radius 3 is 2.69 bits per heavy atom. The van der Waals surface area contributed by atoms with Crippen LogP contribution in [0.2, 0.25) is 5.02 Å². The number of benzene rings is 1. The van der Waals surface area contributed by atoms with E-state index < -0.39 is 0 Å². The molecule has 1 aromatic rings. The molecule has 0 heterocycles. The van der Waals surface area contributed by atoms with E-state index in [9.17, 15) is 0 Å². The summed E-state index contributed by atoms with van der Waals surface area (Å²) in [5, 5.41) is 0.785. The van der Waals surface area contributed by atoms with Crippen molar-refractivity contribution in [1.29, 1.82) is 0 Å². The van der Waals surface area contributed by atoms with Gasteiger partial charge in [0.1, 0.15) is 0 Å². The summed E-state index contributed by atoms with van der Waals surface area (Å²) in [5.74, 6) is 0. The van der Waals surface area contributed by atoms with E-state index in [1.165, 1.54) is 11.1 Å². The third kappa shape index (κ3) is 2.33. The number of aryl methyl sites for hydroxylation is 1. The first-order valence-electron chi connectivity index (χ1n) is 4.29. The van der Waals surface area contributed by atoms with Crippen LogP contribution in [-0.2, 0) is 0 Å². The molecule has 0 radical (unpaired) electrons. The third-order valence-corrected chi connectivity index (χ3v) is 2.48. The summed E-state index contributed by atoms with van der Waals surface area (Å²) < 4.78 is 0. The Morgan fingerprint density at radius 1 is 1.38 bits per heavy atom.